The molecule has 1 heterocycles. The van der Waals surface area contributed by atoms with Crippen LogP contribution in [-0.2, 0) is 15.3 Å². The van der Waals surface area contributed by atoms with E-state index < -0.39 is 23.3 Å². The zero-order valence-corrected chi connectivity index (χ0v) is 18.2. The first kappa shape index (κ1) is 21.9. The molecular formula is C26H26O6. The Morgan fingerprint density at radius 1 is 1.00 bits per heavy atom. The maximum Gasteiger partial charge on any atom is 0.346 e. The van der Waals surface area contributed by atoms with E-state index in [9.17, 15) is 15.0 Å². The summed E-state index contributed by atoms with van der Waals surface area (Å²) in [7, 11) is 1.56. The van der Waals surface area contributed by atoms with E-state index in [-0.39, 0.29) is 12.2 Å². The molecule has 1 unspecified atom stereocenters. The first-order valence-corrected chi connectivity index (χ1v) is 10.5. The van der Waals surface area contributed by atoms with Gasteiger partial charge >= 0.3 is 5.97 Å². The van der Waals surface area contributed by atoms with E-state index in [4.69, 9.17) is 14.2 Å². The van der Waals surface area contributed by atoms with E-state index in [0.29, 0.717) is 22.6 Å². The van der Waals surface area contributed by atoms with Gasteiger partial charge in [0.05, 0.1) is 19.6 Å². The third-order valence-electron chi connectivity index (χ3n) is 5.90. The fourth-order valence-electron chi connectivity index (χ4n) is 4.24. The van der Waals surface area contributed by atoms with Crippen molar-refractivity contribution in [1.29, 1.82) is 0 Å². The predicted octanol–water partition coefficient (Wildman–Crippen LogP) is 3.67. The second kappa shape index (κ2) is 8.30. The Morgan fingerprint density at radius 2 is 1.66 bits per heavy atom. The highest BCUT2D eigenvalue weighted by Crippen LogP contribution is 2.54. The van der Waals surface area contributed by atoms with Crippen molar-refractivity contribution < 1.29 is 29.2 Å². The highest BCUT2D eigenvalue weighted by Gasteiger charge is 2.67. The zero-order valence-electron chi connectivity index (χ0n) is 18.2. The Bertz CT molecular complexity index is 1110. The fourth-order valence-corrected chi connectivity index (χ4v) is 4.24. The standard InChI is InChI=1S/C26H26O6/c1-4-31-24(27)25(28)23(18-11-15-20(30-3)16-12-18)21-7-5-6-8-22(21)32-26(25,29)19-13-9-17(2)10-14-19/h5-16,23,28-29H,4H2,1-3H3/t23?,25-,26+/m1/s1. The summed E-state index contributed by atoms with van der Waals surface area (Å²) in [6, 6.07) is 20.9. The molecule has 1 aliphatic heterocycles. The molecule has 32 heavy (non-hydrogen) atoms. The maximum atomic E-state index is 13.4. The van der Waals surface area contributed by atoms with Crippen LogP contribution in [0.1, 0.15) is 35.1 Å². The molecule has 0 radical (unpaired) electrons. The topological polar surface area (TPSA) is 85.2 Å². The molecule has 0 aromatic heterocycles. The van der Waals surface area contributed by atoms with Crippen LogP contribution in [-0.4, -0.2) is 35.5 Å². The average molecular weight is 434 g/mol. The Balaban J connectivity index is 2.01. The SMILES string of the molecule is CCOC(=O)[C@]1(O)C(c2ccc(OC)cc2)c2ccccc2O[C@@]1(O)c1ccc(C)cc1. The van der Waals surface area contributed by atoms with Crippen LogP contribution in [0.4, 0.5) is 0 Å². The van der Waals surface area contributed by atoms with Gasteiger partial charge in [-0.1, -0.05) is 60.2 Å². The van der Waals surface area contributed by atoms with Gasteiger partial charge in [0, 0.05) is 11.1 Å². The quantitative estimate of drug-likeness (QED) is 0.596. The van der Waals surface area contributed by atoms with Crippen LogP contribution in [0.2, 0.25) is 0 Å². The molecule has 1 aliphatic rings. The number of aliphatic hydroxyl groups is 2. The summed E-state index contributed by atoms with van der Waals surface area (Å²) in [4.78, 5) is 13.4. The number of carbonyl (C=O) groups is 1. The molecule has 2 N–H and O–H groups in total. The molecule has 6 nitrogen and oxygen atoms in total. The lowest BCUT2D eigenvalue weighted by Crippen LogP contribution is -2.66. The van der Waals surface area contributed by atoms with Crippen molar-refractivity contribution in [3.8, 4) is 11.5 Å². The molecule has 0 spiro atoms. The molecule has 3 aromatic carbocycles. The van der Waals surface area contributed by atoms with Gasteiger partial charge in [-0.25, -0.2) is 4.79 Å². The second-order valence-corrected chi connectivity index (χ2v) is 7.84. The Hall–Kier alpha value is -3.35. The summed E-state index contributed by atoms with van der Waals surface area (Å²) in [5.74, 6) is -3.35. The number of methoxy groups -OCH3 is 1. The number of esters is 1. The monoisotopic (exact) mass is 434 g/mol. The minimum Gasteiger partial charge on any atom is -0.497 e. The fraction of sp³-hybridized carbons (Fsp3) is 0.269. The highest BCUT2D eigenvalue weighted by molar-refractivity contribution is 5.85. The molecule has 0 aliphatic carbocycles. The van der Waals surface area contributed by atoms with Crippen molar-refractivity contribution in [3.05, 3.63) is 95.1 Å². The Labute approximate surface area is 187 Å². The Morgan fingerprint density at radius 3 is 2.28 bits per heavy atom. The number of fused-ring (bicyclic) bond motifs is 1. The third-order valence-corrected chi connectivity index (χ3v) is 5.90. The molecule has 0 saturated carbocycles. The van der Waals surface area contributed by atoms with Crippen LogP contribution < -0.4 is 9.47 Å². The number of hydrogen-bond donors (Lipinski definition) is 2. The molecule has 3 atom stereocenters. The summed E-state index contributed by atoms with van der Waals surface area (Å²) in [6.45, 7) is 3.58. The van der Waals surface area contributed by atoms with Gasteiger partial charge in [0.1, 0.15) is 11.5 Å². The first-order valence-electron chi connectivity index (χ1n) is 10.5. The molecule has 4 rings (SSSR count). The minimum absolute atomic E-state index is 0.0299. The van der Waals surface area contributed by atoms with E-state index in [1.165, 1.54) is 0 Å². The number of carbonyl (C=O) groups excluding carboxylic acids is 1. The van der Waals surface area contributed by atoms with E-state index in [2.05, 4.69) is 0 Å². The lowest BCUT2D eigenvalue weighted by atomic mass is 9.68. The summed E-state index contributed by atoms with van der Waals surface area (Å²) >= 11 is 0. The lowest BCUT2D eigenvalue weighted by Gasteiger charge is -2.49. The van der Waals surface area contributed by atoms with Crippen LogP contribution in [0.25, 0.3) is 0 Å². The molecule has 166 valence electrons. The number of benzene rings is 3. The number of ether oxygens (including phenoxy) is 3. The summed E-state index contributed by atoms with van der Waals surface area (Å²) in [5, 5.41) is 24.0. The molecule has 0 amide bonds. The van der Waals surface area contributed by atoms with Gasteiger partial charge in [-0.05, 0) is 37.6 Å². The smallest absolute Gasteiger partial charge is 0.346 e. The molecule has 3 aromatic rings. The van der Waals surface area contributed by atoms with E-state index in [1.54, 1.807) is 86.8 Å². The van der Waals surface area contributed by atoms with Crippen LogP contribution in [0.15, 0.2) is 72.8 Å². The molecular weight excluding hydrogens is 408 g/mol. The van der Waals surface area contributed by atoms with Gasteiger partial charge < -0.3 is 24.4 Å². The summed E-state index contributed by atoms with van der Waals surface area (Å²) in [6.07, 6.45) is 0. The van der Waals surface area contributed by atoms with Gasteiger partial charge in [0.2, 0.25) is 5.60 Å². The largest absolute Gasteiger partial charge is 0.497 e. The van der Waals surface area contributed by atoms with Gasteiger partial charge in [-0.3, -0.25) is 0 Å². The zero-order chi connectivity index (χ0) is 22.9. The predicted molar refractivity (Wildman–Crippen MR) is 119 cm³/mol. The van der Waals surface area contributed by atoms with Crippen molar-refractivity contribution in [2.24, 2.45) is 0 Å². The maximum absolute atomic E-state index is 13.4. The number of aryl methyl sites for hydroxylation is 1. The van der Waals surface area contributed by atoms with Crippen molar-refractivity contribution >= 4 is 5.97 Å². The minimum atomic E-state index is -2.47. The third kappa shape index (κ3) is 3.32. The second-order valence-electron chi connectivity index (χ2n) is 7.84. The van der Waals surface area contributed by atoms with Gasteiger partial charge in [0.15, 0.2) is 0 Å². The van der Waals surface area contributed by atoms with E-state index in [0.717, 1.165) is 5.56 Å². The first-order chi connectivity index (χ1) is 15.3. The highest BCUT2D eigenvalue weighted by atomic mass is 16.7. The number of rotatable bonds is 5. The van der Waals surface area contributed by atoms with Crippen LogP contribution in [0.3, 0.4) is 0 Å². The van der Waals surface area contributed by atoms with Gasteiger partial charge in [-0.15, -0.1) is 0 Å². The summed E-state index contributed by atoms with van der Waals surface area (Å²) < 4.78 is 16.5. The normalized spacial score (nSPS) is 24.2. The van der Waals surface area contributed by atoms with Crippen molar-refractivity contribution in [2.45, 2.75) is 31.2 Å². The van der Waals surface area contributed by atoms with Crippen LogP contribution >= 0.6 is 0 Å². The molecule has 0 saturated heterocycles. The molecule has 0 bridgehead atoms. The summed E-state index contributed by atoms with van der Waals surface area (Å²) in [5.41, 5.74) is -0.111. The van der Waals surface area contributed by atoms with Gasteiger partial charge in [0.25, 0.3) is 5.79 Å². The van der Waals surface area contributed by atoms with E-state index in [1.807, 2.05) is 6.92 Å². The van der Waals surface area contributed by atoms with E-state index >= 15 is 0 Å². The van der Waals surface area contributed by atoms with Crippen LogP contribution in [0.5, 0.6) is 11.5 Å². The Kier molecular flexibility index (Phi) is 5.67. The van der Waals surface area contributed by atoms with Crippen LogP contribution in [0, 0.1) is 6.92 Å². The average Bonchev–Trinajstić information content (AvgIpc) is 2.80. The molecule has 6 heteroatoms. The van der Waals surface area contributed by atoms with Gasteiger partial charge in [-0.2, -0.15) is 0 Å². The number of hydrogen-bond acceptors (Lipinski definition) is 6. The van der Waals surface area contributed by atoms with Crippen molar-refractivity contribution in [2.75, 3.05) is 13.7 Å². The number of para-hydroxylation sites is 1. The van der Waals surface area contributed by atoms with Crippen molar-refractivity contribution in [3.63, 3.8) is 0 Å². The lowest BCUT2D eigenvalue weighted by molar-refractivity contribution is -0.280. The molecule has 0 fully saturated rings. The van der Waals surface area contributed by atoms with Crippen molar-refractivity contribution in [1.82, 2.24) is 0 Å².